The normalized spacial score (nSPS) is 10.7. The van der Waals surface area contributed by atoms with Gasteiger partial charge in [0.1, 0.15) is 0 Å². The quantitative estimate of drug-likeness (QED) is 0.0894. The lowest BCUT2D eigenvalue weighted by atomic mass is 10.0. The molecule has 0 saturated carbocycles. The van der Waals surface area contributed by atoms with Gasteiger partial charge >= 0.3 is 5.97 Å². The zero-order chi connectivity index (χ0) is 28.2. The highest BCUT2D eigenvalue weighted by Gasteiger charge is 1.97. The maximum atomic E-state index is 10.3. The molecule has 0 heterocycles. The second-order valence-corrected chi connectivity index (χ2v) is 11.1. The highest BCUT2D eigenvalue weighted by atomic mass is 16.4. The van der Waals surface area contributed by atoms with Crippen molar-refractivity contribution in [1.29, 1.82) is 0 Å². The molecule has 0 spiro atoms. The van der Waals surface area contributed by atoms with Crippen molar-refractivity contribution >= 4 is 18.5 Å². The molecule has 0 bridgehead atoms. The summed E-state index contributed by atoms with van der Waals surface area (Å²) in [6, 6.07) is 0. The van der Waals surface area contributed by atoms with Gasteiger partial charge in [0, 0.05) is 19.3 Å². The van der Waals surface area contributed by atoms with E-state index in [-0.39, 0.29) is 0 Å². The molecular formula is C34H64O4. The summed E-state index contributed by atoms with van der Waals surface area (Å²) in [5.41, 5.74) is 0. The third-order valence-electron chi connectivity index (χ3n) is 7.30. The Labute approximate surface area is 237 Å². The predicted octanol–water partition coefficient (Wildman–Crippen LogP) is 11.0. The minimum absolute atomic E-state index is 0.327. The first kappa shape index (κ1) is 39.0. The van der Waals surface area contributed by atoms with Crippen LogP contribution >= 0.6 is 0 Å². The molecule has 0 atom stereocenters. The van der Waals surface area contributed by atoms with Crippen molar-refractivity contribution in [2.24, 2.45) is 0 Å². The first-order chi connectivity index (χ1) is 18.7. The number of carbonyl (C=O) groups is 1. The van der Waals surface area contributed by atoms with Crippen LogP contribution in [0.1, 0.15) is 200 Å². The van der Waals surface area contributed by atoms with E-state index in [1.807, 2.05) is 12.6 Å². The largest absolute Gasteiger partial charge is 0.481 e. The Kier molecular flexibility index (Phi) is 38.9. The van der Waals surface area contributed by atoms with E-state index in [0.717, 1.165) is 25.7 Å². The summed E-state index contributed by atoms with van der Waals surface area (Å²) in [6.45, 7) is 2.27. The molecular weight excluding hydrogens is 472 g/mol. The highest BCUT2D eigenvalue weighted by Crippen LogP contribution is 2.14. The molecule has 0 amide bonds. The molecule has 38 heavy (non-hydrogen) atoms. The van der Waals surface area contributed by atoms with Gasteiger partial charge in [0.05, 0.1) is 0 Å². The lowest BCUT2D eigenvalue weighted by molar-refractivity contribution is -0.137. The van der Waals surface area contributed by atoms with Crippen LogP contribution in [0.2, 0.25) is 0 Å². The lowest BCUT2D eigenvalue weighted by Gasteiger charge is -2.03. The zero-order valence-electron chi connectivity index (χ0n) is 25.4. The van der Waals surface area contributed by atoms with Gasteiger partial charge in [-0.15, -0.1) is 0 Å². The van der Waals surface area contributed by atoms with E-state index < -0.39 is 5.97 Å². The molecule has 0 aromatic carbocycles. The molecule has 0 aliphatic heterocycles. The topological polar surface area (TPSA) is 71.4 Å². The fourth-order valence-corrected chi connectivity index (χ4v) is 4.81. The van der Waals surface area contributed by atoms with Crippen LogP contribution in [-0.2, 0) is 14.4 Å². The zero-order valence-corrected chi connectivity index (χ0v) is 25.4. The summed E-state index contributed by atoms with van der Waals surface area (Å²) in [5.74, 6) is -0.669. The van der Waals surface area contributed by atoms with Crippen LogP contribution in [0.25, 0.3) is 0 Å². The monoisotopic (exact) mass is 536 g/mol. The average molecular weight is 537 g/mol. The average Bonchev–Trinajstić information content (AvgIpc) is 2.91. The molecule has 2 radical (unpaired) electrons. The maximum absolute atomic E-state index is 10.3. The van der Waals surface area contributed by atoms with Crippen molar-refractivity contribution < 1.29 is 19.5 Å². The van der Waals surface area contributed by atoms with Crippen molar-refractivity contribution in [3.8, 4) is 0 Å². The van der Waals surface area contributed by atoms with E-state index in [9.17, 15) is 14.4 Å². The molecule has 224 valence electrons. The summed E-state index contributed by atoms with van der Waals surface area (Å²) in [4.78, 5) is 30.3. The van der Waals surface area contributed by atoms with Crippen molar-refractivity contribution in [3.63, 3.8) is 0 Å². The Balaban J connectivity index is 0. The molecule has 0 aliphatic carbocycles. The number of rotatable bonds is 31. The summed E-state index contributed by atoms with van der Waals surface area (Å²) >= 11 is 0. The van der Waals surface area contributed by atoms with Crippen LogP contribution < -0.4 is 0 Å². The molecule has 4 nitrogen and oxygen atoms in total. The summed E-state index contributed by atoms with van der Waals surface area (Å²) < 4.78 is 0. The van der Waals surface area contributed by atoms with E-state index in [1.54, 1.807) is 0 Å². The Morgan fingerprint density at radius 1 is 0.421 bits per heavy atom. The molecule has 0 aromatic heterocycles. The van der Waals surface area contributed by atoms with Gasteiger partial charge in [0.2, 0.25) is 0 Å². The van der Waals surface area contributed by atoms with Gasteiger partial charge in [-0.3, -0.25) is 14.4 Å². The smallest absolute Gasteiger partial charge is 0.303 e. The summed E-state index contributed by atoms with van der Waals surface area (Å²) in [5, 5.41) is 8.51. The Hall–Kier alpha value is -1.19. The SMILES string of the molecule is CCCCCCCCCCCCCCC[C]=O.O=[C]CCCCCCCCCCCCCCCCC(=O)O. The summed E-state index contributed by atoms with van der Waals surface area (Å²) in [6.07, 6.45) is 40.2. The first-order valence-corrected chi connectivity index (χ1v) is 16.6. The molecule has 0 aromatic rings. The van der Waals surface area contributed by atoms with E-state index in [2.05, 4.69) is 6.92 Å². The molecule has 0 aliphatic rings. The minimum Gasteiger partial charge on any atom is -0.481 e. The number of carboxylic acids is 1. The van der Waals surface area contributed by atoms with Crippen LogP contribution in [0.4, 0.5) is 0 Å². The fourth-order valence-electron chi connectivity index (χ4n) is 4.81. The Morgan fingerprint density at radius 2 is 0.658 bits per heavy atom. The lowest BCUT2D eigenvalue weighted by Crippen LogP contribution is -1.93. The van der Waals surface area contributed by atoms with E-state index >= 15 is 0 Å². The highest BCUT2D eigenvalue weighted by molar-refractivity contribution is 5.66. The molecule has 0 unspecified atom stereocenters. The first-order valence-electron chi connectivity index (χ1n) is 16.6. The Bertz CT molecular complexity index is 463. The van der Waals surface area contributed by atoms with Gasteiger partial charge in [-0.05, 0) is 19.3 Å². The van der Waals surface area contributed by atoms with Crippen LogP contribution in [0.15, 0.2) is 0 Å². The van der Waals surface area contributed by atoms with Gasteiger partial charge in [-0.1, -0.05) is 161 Å². The number of aliphatic carboxylic acids is 1. The van der Waals surface area contributed by atoms with Gasteiger partial charge in [0.25, 0.3) is 0 Å². The second kappa shape index (κ2) is 38.0. The number of unbranched alkanes of at least 4 members (excludes halogenated alkanes) is 27. The van der Waals surface area contributed by atoms with Gasteiger partial charge in [-0.2, -0.15) is 0 Å². The fraction of sp³-hybridized carbons (Fsp3) is 0.912. The maximum Gasteiger partial charge on any atom is 0.303 e. The van der Waals surface area contributed by atoms with Crippen molar-refractivity contribution in [1.82, 2.24) is 0 Å². The van der Waals surface area contributed by atoms with Crippen LogP contribution in [0, 0.1) is 0 Å². The van der Waals surface area contributed by atoms with Crippen molar-refractivity contribution in [3.05, 3.63) is 0 Å². The van der Waals surface area contributed by atoms with Crippen LogP contribution in [0.5, 0.6) is 0 Å². The van der Waals surface area contributed by atoms with E-state index in [4.69, 9.17) is 5.11 Å². The standard InChI is InChI=1S/C18H33O3.C16H31O/c19-17-15-13-11-9-7-5-3-1-2-4-6-8-10-12-14-16-18(20)21;1-2-3-4-5-6-7-8-9-10-11-12-13-14-15-16-17/h1-16H2,(H,20,21);2-15H2,1H3. The molecule has 1 N–H and O–H groups in total. The minimum atomic E-state index is -0.669. The molecule has 0 saturated heterocycles. The number of carboxylic acid groups (broad SMARTS) is 1. The van der Waals surface area contributed by atoms with Gasteiger partial charge in [-0.25, -0.2) is 0 Å². The predicted molar refractivity (Wildman–Crippen MR) is 163 cm³/mol. The molecule has 0 fully saturated rings. The summed E-state index contributed by atoms with van der Waals surface area (Å²) in [7, 11) is 0. The number of hydrogen-bond acceptors (Lipinski definition) is 3. The third-order valence-corrected chi connectivity index (χ3v) is 7.30. The number of carbonyl (C=O) groups excluding carboxylic acids is 2. The van der Waals surface area contributed by atoms with Gasteiger partial charge in [0.15, 0.2) is 12.6 Å². The van der Waals surface area contributed by atoms with E-state index in [0.29, 0.717) is 19.3 Å². The number of hydrogen-bond donors (Lipinski definition) is 1. The van der Waals surface area contributed by atoms with Crippen molar-refractivity contribution in [2.45, 2.75) is 200 Å². The second-order valence-electron chi connectivity index (χ2n) is 11.1. The van der Waals surface area contributed by atoms with Crippen LogP contribution in [0.3, 0.4) is 0 Å². The third kappa shape index (κ3) is 41.9. The molecule has 4 heteroatoms. The Morgan fingerprint density at radius 3 is 0.895 bits per heavy atom. The van der Waals surface area contributed by atoms with Crippen molar-refractivity contribution in [2.75, 3.05) is 0 Å². The van der Waals surface area contributed by atoms with E-state index in [1.165, 1.54) is 148 Å². The molecule has 0 rings (SSSR count). The van der Waals surface area contributed by atoms with Gasteiger partial charge < -0.3 is 5.11 Å². The van der Waals surface area contributed by atoms with Crippen LogP contribution in [-0.4, -0.2) is 23.6 Å².